The zero-order valence-electron chi connectivity index (χ0n) is 9.35. The highest BCUT2D eigenvalue weighted by Gasteiger charge is 2.20. The van der Waals surface area contributed by atoms with Gasteiger partial charge in [0.25, 0.3) is 0 Å². The molecule has 0 radical (unpaired) electrons. The summed E-state index contributed by atoms with van der Waals surface area (Å²) >= 11 is 9.35. The Morgan fingerprint density at radius 3 is 2.71 bits per heavy atom. The molecule has 0 aliphatic carbocycles. The lowest BCUT2D eigenvalue weighted by Crippen LogP contribution is -2.15. The summed E-state index contributed by atoms with van der Waals surface area (Å²) in [6.45, 7) is 3.32. The minimum Gasteiger partial charge on any atom is -0.384 e. The molecule has 0 aliphatic heterocycles. The predicted octanol–water partition coefficient (Wildman–Crippen LogP) is 2.91. The predicted molar refractivity (Wildman–Crippen MR) is 69.3 cm³/mol. The number of hydrogen-bond acceptors (Lipinski definition) is 3. The molecule has 2 rings (SSSR count). The number of nitrogens with zero attached hydrogens (tertiary/aromatic N) is 3. The van der Waals surface area contributed by atoms with E-state index in [0.717, 1.165) is 10.2 Å². The van der Waals surface area contributed by atoms with Crippen molar-refractivity contribution in [1.82, 2.24) is 15.0 Å². The summed E-state index contributed by atoms with van der Waals surface area (Å²) in [5, 5.41) is 18.3. The molecule has 0 bridgehead atoms. The number of aromatic nitrogens is 3. The lowest BCUT2D eigenvalue weighted by Gasteiger charge is -2.11. The molecule has 17 heavy (non-hydrogen) atoms. The molecule has 1 heterocycles. The summed E-state index contributed by atoms with van der Waals surface area (Å²) in [7, 11) is 0. The average molecular weight is 317 g/mol. The number of benzene rings is 1. The van der Waals surface area contributed by atoms with Crippen LogP contribution in [0.2, 0.25) is 5.02 Å². The third kappa shape index (κ3) is 2.68. The molecule has 1 N–H and O–H groups in total. The Morgan fingerprint density at radius 1 is 1.41 bits per heavy atom. The fourth-order valence-electron chi connectivity index (χ4n) is 1.32. The van der Waals surface area contributed by atoms with Gasteiger partial charge in [0, 0.05) is 9.50 Å². The van der Waals surface area contributed by atoms with Crippen LogP contribution in [0, 0.1) is 0 Å². The highest BCUT2D eigenvalue weighted by Crippen LogP contribution is 2.25. The van der Waals surface area contributed by atoms with E-state index >= 15 is 0 Å². The molecule has 0 saturated heterocycles. The van der Waals surface area contributed by atoms with Gasteiger partial charge in [-0.1, -0.05) is 16.8 Å². The lowest BCUT2D eigenvalue weighted by atomic mass is 10.1. The third-order valence-corrected chi connectivity index (χ3v) is 3.18. The van der Waals surface area contributed by atoms with E-state index in [1.807, 2.05) is 6.07 Å². The Bertz CT molecular complexity index is 548. The van der Waals surface area contributed by atoms with Gasteiger partial charge in [0.1, 0.15) is 11.3 Å². The molecule has 90 valence electrons. The van der Waals surface area contributed by atoms with Crippen molar-refractivity contribution in [2.45, 2.75) is 19.4 Å². The second kappa shape index (κ2) is 4.40. The molecule has 0 spiro atoms. The fourth-order valence-corrected chi connectivity index (χ4v) is 1.92. The Labute approximate surface area is 112 Å². The van der Waals surface area contributed by atoms with Crippen molar-refractivity contribution in [3.8, 4) is 5.69 Å². The van der Waals surface area contributed by atoms with Gasteiger partial charge in [0.2, 0.25) is 0 Å². The monoisotopic (exact) mass is 315 g/mol. The Morgan fingerprint density at radius 2 is 2.12 bits per heavy atom. The maximum Gasteiger partial charge on any atom is 0.114 e. The van der Waals surface area contributed by atoms with E-state index in [9.17, 15) is 5.11 Å². The number of halogens is 2. The minimum atomic E-state index is -1.01. The van der Waals surface area contributed by atoms with Crippen molar-refractivity contribution in [3.63, 3.8) is 0 Å². The van der Waals surface area contributed by atoms with Gasteiger partial charge in [-0.25, -0.2) is 4.68 Å². The Balaban J connectivity index is 2.47. The molecule has 0 atom stereocenters. The van der Waals surface area contributed by atoms with E-state index in [1.54, 1.807) is 36.9 Å². The Hall–Kier alpha value is -0.910. The van der Waals surface area contributed by atoms with Crippen molar-refractivity contribution >= 4 is 27.5 Å². The van der Waals surface area contributed by atoms with Crippen LogP contribution in [0.1, 0.15) is 19.5 Å². The number of rotatable bonds is 2. The van der Waals surface area contributed by atoms with Crippen LogP contribution in [0.5, 0.6) is 0 Å². The van der Waals surface area contributed by atoms with Crippen molar-refractivity contribution in [3.05, 3.63) is 39.6 Å². The largest absolute Gasteiger partial charge is 0.384 e. The van der Waals surface area contributed by atoms with Crippen molar-refractivity contribution in [1.29, 1.82) is 0 Å². The van der Waals surface area contributed by atoms with E-state index in [2.05, 4.69) is 26.2 Å². The lowest BCUT2D eigenvalue weighted by molar-refractivity contribution is 0.0737. The molecule has 0 amide bonds. The summed E-state index contributed by atoms with van der Waals surface area (Å²) in [5.41, 5.74) is 0.272. The van der Waals surface area contributed by atoms with Gasteiger partial charge >= 0.3 is 0 Å². The average Bonchev–Trinajstić information content (AvgIpc) is 2.70. The van der Waals surface area contributed by atoms with E-state index in [-0.39, 0.29) is 0 Å². The minimum absolute atomic E-state index is 0.504. The first-order valence-electron chi connectivity index (χ1n) is 4.98. The molecule has 2 aromatic rings. The molecule has 0 unspecified atom stereocenters. The Kier molecular flexibility index (Phi) is 3.25. The van der Waals surface area contributed by atoms with Gasteiger partial charge in [0.05, 0.1) is 11.9 Å². The van der Waals surface area contributed by atoms with E-state index in [4.69, 9.17) is 11.6 Å². The zero-order chi connectivity index (χ0) is 12.6. The van der Waals surface area contributed by atoms with E-state index < -0.39 is 5.60 Å². The molecular weight excluding hydrogens is 305 g/mol. The summed E-state index contributed by atoms with van der Waals surface area (Å²) in [6, 6.07) is 5.39. The molecule has 0 fully saturated rings. The molecular formula is C11H11BrClN3O. The SMILES string of the molecule is CC(C)(O)c1cn(-c2cc(Cl)ccc2Br)nn1. The van der Waals surface area contributed by atoms with Gasteiger partial charge in [-0.3, -0.25) is 0 Å². The third-order valence-electron chi connectivity index (χ3n) is 2.28. The first-order valence-corrected chi connectivity index (χ1v) is 6.15. The van der Waals surface area contributed by atoms with Crippen LogP contribution >= 0.6 is 27.5 Å². The highest BCUT2D eigenvalue weighted by atomic mass is 79.9. The molecule has 0 saturated carbocycles. The molecule has 0 aliphatic rings. The zero-order valence-corrected chi connectivity index (χ0v) is 11.7. The highest BCUT2D eigenvalue weighted by molar-refractivity contribution is 9.10. The van der Waals surface area contributed by atoms with E-state index in [0.29, 0.717) is 10.7 Å². The van der Waals surface area contributed by atoms with Crippen LogP contribution in [0.4, 0.5) is 0 Å². The van der Waals surface area contributed by atoms with Crippen molar-refractivity contribution in [2.24, 2.45) is 0 Å². The van der Waals surface area contributed by atoms with Gasteiger partial charge in [-0.15, -0.1) is 5.10 Å². The summed E-state index contributed by atoms with van der Waals surface area (Å²) in [4.78, 5) is 0. The van der Waals surface area contributed by atoms with Crippen molar-refractivity contribution in [2.75, 3.05) is 0 Å². The quantitative estimate of drug-likeness (QED) is 0.927. The standard InChI is InChI=1S/C11H11BrClN3O/c1-11(2,17)10-6-16(15-14-10)9-5-7(13)3-4-8(9)12/h3-6,17H,1-2H3. The smallest absolute Gasteiger partial charge is 0.114 e. The second-order valence-electron chi connectivity index (χ2n) is 4.20. The maximum absolute atomic E-state index is 9.82. The molecule has 1 aromatic carbocycles. The van der Waals surface area contributed by atoms with Crippen LogP contribution in [-0.4, -0.2) is 20.1 Å². The molecule has 4 nitrogen and oxygen atoms in total. The van der Waals surface area contributed by atoms with Crippen LogP contribution in [-0.2, 0) is 5.60 Å². The van der Waals surface area contributed by atoms with Crippen molar-refractivity contribution < 1.29 is 5.11 Å². The molecule has 6 heteroatoms. The van der Waals surface area contributed by atoms with Gasteiger partial charge < -0.3 is 5.11 Å². The topological polar surface area (TPSA) is 50.9 Å². The summed E-state index contributed by atoms with van der Waals surface area (Å²) in [6.07, 6.45) is 1.68. The van der Waals surface area contributed by atoms with Crippen LogP contribution in [0.25, 0.3) is 5.69 Å². The number of aliphatic hydroxyl groups is 1. The fraction of sp³-hybridized carbons (Fsp3) is 0.273. The number of hydrogen-bond donors (Lipinski definition) is 1. The van der Waals surface area contributed by atoms with E-state index in [1.165, 1.54) is 0 Å². The summed E-state index contributed by atoms with van der Waals surface area (Å²) < 4.78 is 2.43. The molecule has 1 aromatic heterocycles. The van der Waals surface area contributed by atoms with Gasteiger partial charge in [-0.2, -0.15) is 0 Å². The van der Waals surface area contributed by atoms with Crippen LogP contribution in [0.15, 0.2) is 28.9 Å². The van der Waals surface area contributed by atoms with Crippen LogP contribution in [0.3, 0.4) is 0 Å². The normalized spacial score (nSPS) is 11.8. The first kappa shape index (κ1) is 12.5. The van der Waals surface area contributed by atoms with Gasteiger partial charge in [0.15, 0.2) is 0 Å². The summed E-state index contributed by atoms with van der Waals surface area (Å²) in [5.74, 6) is 0. The van der Waals surface area contributed by atoms with Gasteiger partial charge in [-0.05, 0) is 48.0 Å². The van der Waals surface area contributed by atoms with Crippen LogP contribution < -0.4 is 0 Å². The second-order valence-corrected chi connectivity index (χ2v) is 5.49. The first-order chi connectivity index (χ1) is 7.88. The maximum atomic E-state index is 9.82.